The van der Waals surface area contributed by atoms with Crippen molar-refractivity contribution >= 4 is 11.0 Å². The van der Waals surface area contributed by atoms with Gasteiger partial charge in [-0.3, -0.25) is 4.79 Å². The second-order valence-electron chi connectivity index (χ2n) is 8.85. The molecule has 0 aliphatic carbocycles. The fourth-order valence-electron chi connectivity index (χ4n) is 4.61. The minimum Gasteiger partial charge on any atom is -0.491 e. The second kappa shape index (κ2) is 10.2. The number of hydrogen-bond donors (Lipinski definition) is 1. The quantitative estimate of drug-likeness (QED) is 0.407. The summed E-state index contributed by atoms with van der Waals surface area (Å²) in [6.45, 7) is 2.87. The van der Waals surface area contributed by atoms with E-state index < -0.39 is 6.10 Å². The normalized spacial score (nSPS) is 15.3. The number of likely N-dealkylation sites (tertiary alicyclic amines) is 1. The van der Waals surface area contributed by atoms with Crippen LogP contribution in [0.3, 0.4) is 0 Å². The Labute approximate surface area is 199 Å². The Morgan fingerprint density at radius 1 is 0.882 bits per heavy atom. The number of hydrogen-bond acceptors (Lipinski definition) is 5. The van der Waals surface area contributed by atoms with Gasteiger partial charge in [0.1, 0.15) is 29.8 Å². The second-order valence-corrected chi connectivity index (χ2v) is 8.85. The first-order valence-corrected chi connectivity index (χ1v) is 11.9. The van der Waals surface area contributed by atoms with E-state index in [9.17, 15) is 9.90 Å². The van der Waals surface area contributed by atoms with Gasteiger partial charge in [-0.15, -0.1) is 0 Å². The average Bonchev–Trinajstić information content (AvgIpc) is 2.89. The number of nitrogens with zero attached hydrogens (tertiary/aromatic N) is 1. The van der Waals surface area contributed by atoms with Gasteiger partial charge in [-0.1, -0.05) is 67.1 Å². The molecule has 3 aromatic carbocycles. The lowest BCUT2D eigenvalue weighted by Crippen LogP contribution is -2.38. The Bertz CT molecular complexity index is 1290. The van der Waals surface area contributed by atoms with Gasteiger partial charge in [-0.05, 0) is 43.6 Å². The van der Waals surface area contributed by atoms with Crippen LogP contribution in [-0.2, 0) is 0 Å². The van der Waals surface area contributed by atoms with Crippen LogP contribution >= 0.6 is 0 Å². The van der Waals surface area contributed by atoms with E-state index >= 15 is 0 Å². The molecule has 1 aliphatic heterocycles. The van der Waals surface area contributed by atoms with Crippen molar-refractivity contribution in [1.82, 2.24) is 4.90 Å². The number of fused-ring (bicyclic) bond motifs is 1. The van der Waals surface area contributed by atoms with Crippen LogP contribution < -0.4 is 10.2 Å². The molecule has 0 amide bonds. The van der Waals surface area contributed by atoms with Crippen molar-refractivity contribution in [3.05, 3.63) is 89.1 Å². The first kappa shape index (κ1) is 22.4. The minimum atomic E-state index is -0.568. The van der Waals surface area contributed by atoms with E-state index in [4.69, 9.17) is 9.15 Å². The highest BCUT2D eigenvalue weighted by molar-refractivity contribution is 5.89. The maximum atomic E-state index is 13.6. The van der Waals surface area contributed by atoms with Crippen LogP contribution in [0.15, 0.2) is 88.1 Å². The molecule has 1 unspecified atom stereocenters. The zero-order chi connectivity index (χ0) is 23.3. The maximum Gasteiger partial charge on any atom is 0.201 e. The van der Waals surface area contributed by atoms with E-state index in [0.717, 1.165) is 24.2 Å². The van der Waals surface area contributed by atoms with Crippen LogP contribution in [0.5, 0.6) is 5.75 Å². The van der Waals surface area contributed by atoms with Crippen molar-refractivity contribution < 1.29 is 14.3 Å². The summed E-state index contributed by atoms with van der Waals surface area (Å²) in [6.07, 6.45) is 3.07. The van der Waals surface area contributed by atoms with Gasteiger partial charge in [0, 0.05) is 18.2 Å². The molecule has 4 aromatic rings. The van der Waals surface area contributed by atoms with Gasteiger partial charge < -0.3 is 19.2 Å². The van der Waals surface area contributed by atoms with Gasteiger partial charge >= 0.3 is 0 Å². The van der Waals surface area contributed by atoms with Gasteiger partial charge in [0.2, 0.25) is 5.43 Å². The highest BCUT2D eigenvalue weighted by atomic mass is 16.5. The Morgan fingerprint density at radius 2 is 1.56 bits per heavy atom. The summed E-state index contributed by atoms with van der Waals surface area (Å²) < 4.78 is 12.2. The molecule has 1 fully saturated rings. The predicted octanol–water partition coefficient (Wildman–Crippen LogP) is 5.35. The summed E-state index contributed by atoms with van der Waals surface area (Å²) >= 11 is 0. The fraction of sp³-hybridized carbons (Fsp3) is 0.276. The smallest absolute Gasteiger partial charge is 0.201 e. The highest BCUT2D eigenvalue weighted by Gasteiger charge is 2.19. The van der Waals surface area contributed by atoms with Gasteiger partial charge in [0.15, 0.2) is 0 Å². The van der Waals surface area contributed by atoms with E-state index in [1.165, 1.54) is 19.3 Å². The molecular formula is C29H29NO4. The number of aliphatic hydroxyl groups is 1. The molecule has 1 atom stereocenters. The van der Waals surface area contributed by atoms with E-state index in [2.05, 4.69) is 4.90 Å². The number of ether oxygens (including phenoxy) is 1. The Hall–Kier alpha value is -3.41. The molecular weight excluding hydrogens is 426 g/mol. The zero-order valence-corrected chi connectivity index (χ0v) is 19.2. The number of benzene rings is 3. The SMILES string of the molecule is O=c1c(-c2ccccc2)c(-c2ccccc2)oc2cc(OCC(O)CN3CCCCC3)ccc12. The number of β-amino-alcohol motifs (C(OH)–C–C–N with tert-alkyl or cyclic N) is 1. The van der Waals surface area contributed by atoms with E-state index in [0.29, 0.717) is 34.6 Å². The molecule has 0 bridgehead atoms. The molecule has 5 heteroatoms. The van der Waals surface area contributed by atoms with E-state index in [1.54, 1.807) is 18.2 Å². The van der Waals surface area contributed by atoms with Crippen molar-refractivity contribution in [2.45, 2.75) is 25.4 Å². The topological polar surface area (TPSA) is 62.9 Å². The molecule has 5 rings (SSSR count). The molecule has 0 radical (unpaired) electrons. The molecule has 0 saturated carbocycles. The number of piperidine rings is 1. The minimum absolute atomic E-state index is 0.0806. The third-order valence-electron chi connectivity index (χ3n) is 6.32. The molecule has 5 nitrogen and oxygen atoms in total. The Morgan fingerprint density at radius 3 is 2.26 bits per heavy atom. The van der Waals surface area contributed by atoms with Crippen LogP contribution in [0.4, 0.5) is 0 Å². The van der Waals surface area contributed by atoms with Crippen molar-refractivity contribution in [3.8, 4) is 28.2 Å². The summed E-state index contributed by atoms with van der Waals surface area (Å²) in [4.78, 5) is 15.9. The van der Waals surface area contributed by atoms with Gasteiger partial charge in [-0.2, -0.15) is 0 Å². The summed E-state index contributed by atoms with van der Waals surface area (Å²) in [7, 11) is 0. The summed E-state index contributed by atoms with van der Waals surface area (Å²) in [5.41, 5.74) is 2.58. The lowest BCUT2D eigenvalue weighted by molar-refractivity contribution is 0.0617. The van der Waals surface area contributed by atoms with Gasteiger partial charge in [0.25, 0.3) is 0 Å². The molecule has 1 N–H and O–H groups in total. The van der Waals surface area contributed by atoms with Crippen molar-refractivity contribution in [2.24, 2.45) is 0 Å². The third kappa shape index (κ3) is 4.91. The molecule has 174 valence electrons. The summed E-state index contributed by atoms with van der Waals surface area (Å²) in [5, 5.41) is 10.9. The summed E-state index contributed by atoms with van der Waals surface area (Å²) in [6, 6.07) is 24.5. The lowest BCUT2D eigenvalue weighted by Gasteiger charge is -2.28. The monoisotopic (exact) mass is 455 g/mol. The molecule has 1 saturated heterocycles. The largest absolute Gasteiger partial charge is 0.491 e. The van der Waals surface area contributed by atoms with Crippen molar-refractivity contribution in [1.29, 1.82) is 0 Å². The van der Waals surface area contributed by atoms with Crippen LogP contribution in [-0.4, -0.2) is 42.4 Å². The van der Waals surface area contributed by atoms with Crippen LogP contribution in [0.2, 0.25) is 0 Å². The molecule has 1 aliphatic rings. The van der Waals surface area contributed by atoms with Gasteiger partial charge in [0.05, 0.1) is 10.9 Å². The first-order chi connectivity index (χ1) is 16.7. The van der Waals surface area contributed by atoms with E-state index in [1.807, 2.05) is 60.7 Å². The van der Waals surface area contributed by atoms with Crippen LogP contribution in [0, 0.1) is 0 Å². The third-order valence-corrected chi connectivity index (χ3v) is 6.32. The molecule has 0 spiro atoms. The molecule has 34 heavy (non-hydrogen) atoms. The van der Waals surface area contributed by atoms with E-state index in [-0.39, 0.29) is 12.0 Å². The predicted molar refractivity (Wildman–Crippen MR) is 135 cm³/mol. The highest BCUT2D eigenvalue weighted by Crippen LogP contribution is 2.33. The zero-order valence-electron chi connectivity index (χ0n) is 19.2. The van der Waals surface area contributed by atoms with Crippen molar-refractivity contribution in [3.63, 3.8) is 0 Å². The van der Waals surface area contributed by atoms with Gasteiger partial charge in [-0.25, -0.2) is 0 Å². The Kier molecular flexibility index (Phi) is 6.74. The maximum absolute atomic E-state index is 13.6. The standard InChI is InChI=1S/C29H29NO4/c31-23(19-30-16-8-3-9-17-30)20-33-24-14-15-25-26(18-24)34-29(22-12-6-2-7-13-22)27(28(25)32)21-10-4-1-5-11-21/h1-2,4-7,10-15,18,23,31H,3,8-9,16-17,19-20H2. The number of rotatable bonds is 7. The average molecular weight is 456 g/mol. The number of aliphatic hydroxyl groups excluding tert-OH is 1. The van der Waals surface area contributed by atoms with Crippen LogP contribution in [0.1, 0.15) is 19.3 Å². The van der Waals surface area contributed by atoms with Crippen LogP contribution in [0.25, 0.3) is 33.4 Å². The van der Waals surface area contributed by atoms with Crippen molar-refractivity contribution in [2.75, 3.05) is 26.2 Å². The summed E-state index contributed by atoms with van der Waals surface area (Å²) in [5.74, 6) is 1.10. The molecule has 1 aromatic heterocycles. The molecule has 2 heterocycles. The Balaban J connectivity index is 1.46. The fourth-order valence-corrected chi connectivity index (χ4v) is 4.61. The first-order valence-electron chi connectivity index (χ1n) is 11.9. The lowest BCUT2D eigenvalue weighted by atomic mass is 9.98.